The van der Waals surface area contributed by atoms with Crippen LogP contribution in [0.25, 0.3) is 0 Å². The van der Waals surface area contributed by atoms with E-state index in [1.54, 1.807) is 23.2 Å². The predicted octanol–water partition coefficient (Wildman–Crippen LogP) is 3.04. The van der Waals surface area contributed by atoms with Crippen molar-refractivity contribution >= 4 is 27.2 Å². The average Bonchev–Trinajstić information content (AvgIpc) is 3.02. The van der Waals surface area contributed by atoms with Gasteiger partial charge in [-0.05, 0) is 49.6 Å². The van der Waals surface area contributed by atoms with Gasteiger partial charge in [0.25, 0.3) is 5.91 Å². The summed E-state index contributed by atoms with van der Waals surface area (Å²) in [6, 6.07) is 11.2. The van der Waals surface area contributed by atoms with Gasteiger partial charge in [0.15, 0.2) is 9.84 Å². The van der Waals surface area contributed by atoms with Gasteiger partial charge in [0.1, 0.15) is 5.82 Å². The van der Waals surface area contributed by atoms with Gasteiger partial charge in [-0.2, -0.15) is 0 Å². The molecular weight excluding hydrogens is 362 g/mol. The van der Waals surface area contributed by atoms with E-state index >= 15 is 0 Å². The minimum Gasteiger partial charge on any atom is -0.340 e. The zero-order chi connectivity index (χ0) is 19.4. The number of amides is 1. The Kier molecular flexibility index (Phi) is 5.79. The summed E-state index contributed by atoms with van der Waals surface area (Å²) in [5.74, 6) is 0.622. The lowest BCUT2D eigenvalue weighted by Gasteiger charge is -2.27. The van der Waals surface area contributed by atoms with E-state index in [0.717, 1.165) is 12.1 Å². The third-order valence-corrected chi connectivity index (χ3v) is 6.64. The molecule has 0 aliphatic carbocycles. The van der Waals surface area contributed by atoms with Gasteiger partial charge in [0.2, 0.25) is 0 Å². The highest BCUT2D eigenvalue weighted by Gasteiger charge is 2.34. The summed E-state index contributed by atoms with van der Waals surface area (Å²) in [7, 11) is -3.04. The van der Waals surface area contributed by atoms with E-state index in [1.807, 2.05) is 19.1 Å². The lowest BCUT2D eigenvalue weighted by molar-refractivity contribution is 0.0708. The molecule has 2 aromatic rings. The topological polar surface area (TPSA) is 79.4 Å². The van der Waals surface area contributed by atoms with Crippen molar-refractivity contribution in [3.8, 4) is 0 Å². The first kappa shape index (κ1) is 19.4. The lowest BCUT2D eigenvalue weighted by atomic mass is 10.1. The molecule has 1 N–H and O–H groups in total. The molecule has 0 radical (unpaired) electrons. The molecule has 0 saturated carbocycles. The Hall–Kier alpha value is -2.41. The number of nitrogens with one attached hydrogen (secondary N) is 1. The summed E-state index contributed by atoms with van der Waals surface area (Å²) in [4.78, 5) is 18.9. The van der Waals surface area contributed by atoms with Gasteiger partial charge in [-0.3, -0.25) is 4.79 Å². The van der Waals surface area contributed by atoms with Crippen molar-refractivity contribution in [2.75, 3.05) is 23.4 Å². The molecular formula is C20H25N3O3S. The first-order chi connectivity index (χ1) is 12.9. The molecule has 1 amide bonds. The first-order valence-electron chi connectivity index (χ1n) is 9.25. The number of nitrogens with zero attached hydrogens (tertiary/aromatic N) is 2. The van der Waals surface area contributed by atoms with E-state index in [-0.39, 0.29) is 23.5 Å². The van der Waals surface area contributed by atoms with E-state index in [2.05, 4.69) is 29.4 Å². The summed E-state index contributed by atoms with van der Waals surface area (Å²) in [5, 5.41) is 3.21. The standard InChI is InChI=1S/C20H25N3O3S/c1-3-15-5-7-17(8-6-15)22-19-13-16(9-11-21-19)20(24)23(4-2)18-10-12-27(25,26)14-18/h5-9,11,13,18H,3-4,10,12,14H2,1-2H3,(H,21,22). The Bertz CT molecular complexity index is 910. The minimum atomic E-state index is -3.04. The third-order valence-electron chi connectivity index (χ3n) is 4.89. The predicted molar refractivity (Wildman–Crippen MR) is 107 cm³/mol. The molecule has 1 aromatic heterocycles. The van der Waals surface area contributed by atoms with Crippen LogP contribution in [0.2, 0.25) is 0 Å². The molecule has 1 saturated heterocycles. The van der Waals surface area contributed by atoms with E-state index < -0.39 is 9.84 Å². The number of aromatic nitrogens is 1. The molecule has 1 unspecified atom stereocenters. The largest absolute Gasteiger partial charge is 0.340 e. The van der Waals surface area contributed by atoms with E-state index in [9.17, 15) is 13.2 Å². The molecule has 0 spiro atoms. The van der Waals surface area contributed by atoms with Crippen LogP contribution in [-0.4, -0.2) is 48.3 Å². The number of benzene rings is 1. The molecule has 6 nitrogen and oxygen atoms in total. The molecule has 1 atom stereocenters. The number of carbonyl (C=O) groups is 1. The molecule has 1 aromatic carbocycles. The monoisotopic (exact) mass is 387 g/mol. The van der Waals surface area contributed by atoms with Gasteiger partial charge < -0.3 is 10.2 Å². The van der Waals surface area contributed by atoms with Gasteiger partial charge >= 0.3 is 0 Å². The summed E-state index contributed by atoms with van der Waals surface area (Å²) < 4.78 is 23.5. The van der Waals surface area contributed by atoms with Gasteiger partial charge in [-0.1, -0.05) is 19.1 Å². The SMILES string of the molecule is CCc1ccc(Nc2cc(C(=O)N(CC)C3CCS(=O)(=O)C3)ccn2)cc1. The number of sulfone groups is 1. The summed E-state index contributed by atoms with van der Waals surface area (Å²) >= 11 is 0. The number of pyridine rings is 1. The third kappa shape index (κ3) is 4.66. The van der Waals surface area contributed by atoms with Crippen molar-refractivity contribution in [1.82, 2.24) is 9.88 Å². The Morgan fingerprint density at radius 2 is 1.96 bits per heavy atom. The second-order valence-corrected chi connectivity index (χ2v) is 8.98. The molecule has 144 valence electrons. The average molecular weight is 388 g/mol. The van der Waals surface area contributed by atoms with Crippen molar-refractivity contribution in [2.45, 2.75) is 32.7 Å². The number of aryl methyl sites for hydroxylation is 1. The maximum absolute atomic E-state index is 12.9. The van der Waals surface area contributed by atoms with Crippen LogP contribution in [-0.2, 0) is 16.3 Å². The quantitative estimate of drug-likeness (QED) is 0.824. The van der Waals surface area contributed by atoms with E-state index in [4.69, 9.17) is 0 Å². The molecule has 7 heteroatoms. The Morgan fingerprint density at radius 1 is 1.22 bits per heavy atom. The molecule has 1 aliphatic heterocycles. The van der Waals surface area contributed by atoms with Gasteiger partial charge in [-0.25, -0.2) is 13.4 Å². The van der Waals surface area contributed by atoms with Crippen molar-refractivity contribution in [1.29, 1.82) is 0 Å². The number of carbonyl (C=O) groups excluding carboxylic acids is 1. The second kappa shape index (κ2) is 8.08. The summed E-state index contributed by atoms with van der Waals surface area (Å²) in [6.45, 7) is 4.45. The van der Waals surface area contributed by atoms with Crippen molar-refractivity contribution < 1.29 is 13.2 Å². The van der Waals surface area contributed by atoms with E-state index in [1.165, 1.54) is 5.56 Å². The smallest absolute Gasteiger partial charge is 0.254 e. The summed E-state index contributed by atoms with van der Waals surface area (Å²) in [6.07, 6.45) is 3.07. The van der Waals surface area contributed by atoms with Gasteiger partial charge in [0, 0.05) is 30.0 Å². The van der Waals surface area contributed by atoms with Crippen LogP contribution in [0.15, 0.2) is 42.6 Å². The fourth-order valence-electron chi connectivity index (χ4n) is 3.36. The molecule has 1 aliphatic rings. The highest BCUT2D eigenvalue weighted by Crippen LogP contribution is 2.21. The van der Waals surface area contributed by atoms with Crippen LogP contribution >= 0.6 is 0 Å². The normalized spacial score (nSPS) is 18.2. The van der Waals surface area contributed by atoms with Crippen LogP contribution in [0.3, 0.4) is 0 Å². The van der Waals surface area contributed by atoms with Crippen molar-refractivity contribution in [3.63, 3.8) is 0 Å². The maximum Gasteiger partial charge on any atom is 0.254 e. The second-order valence-electron chi connectivity index (χ2n) is 6.75. The number of hydrogen-bond acceptors (Lipinski definition) is 5. The first-order valence-corrected chi connectivity index (χ1v) is 11.1. The Morgan fingerprint density at radius 3 is 2.56 bits per heavy atom. The Labute approximate surface area is 160 Å². The van der Waals surface area contributed by atoms with Gasteiger partial charge in [-0.15, -0.1) is 0 Å². The molecule has 0 bridgehead atoms. The van der Waals surface area contributed by atoms with Crippen molar-refractivity contribution in [2.24, 2.45) is 0 Å². The van der Waals surface area contributed by atoms with Crippen LogP contribution in [0.1, 0.15) is 36.2 Å². The number of hydrogen-bond donors (Lipinski definition) is 1. The number of rotatable bonds is 6. The van der Waals surface area contributed by atoms with Crippen LogP contribution in [0.4, 0.5) is 11.5 Å². The van der Waals surface area contributed by atoms with Crippen molar-refractivity contribution in [3.05, 3.63) is 53.7 Å². The fourth-order valence-corrected chi connectivity index (χ4v) is 5.09. The summed E-state index contributed by atoms with van der Waals surface area (Å²) in [5.41, 5.74) is 2.66. The highest BCUT2D eigenvalue weighted by molar-refractivity contribution is 7.91. The van der Waals surface area contributed by atoms with Crippen LogP contribution in [0.5, 0.6) is 0 Å². The van der Waals surface area contributed by atoms with Gasteiger partial charge in [0.05, 0.1) is 11.5 Å². The zero-order valence-electron chi connectivity index (χ0n) is 15.7. The minimum absolute atomic E-state index is 0.0482. The highest BCUT2D eigenvalue weighted by atomic mass is 32.2. The molecule has 2 heterocycles. The molecule has 3 rings (SSSR count). The molecule has 1 fully saturated rings. The maximum atomic E-state index is 12.9. The van der Waals surface area contributed by atoms with Crippen LogP contribution < -0.4 is 5.32 Å². The number of anilines is 2. The molecule has 27 heavy (non-hydrogen) atoms. The fraction of sp³-hybridized carbons (Fsp3) is 0.400. The zero-order valence-corrected chi connectivity index (χ0v) is 16.5. The van der Waals surface area contributed by atoms with E-state index in [0.29, 0.717) is 24.3 Å². The Balaban J connectivity index is 1.76. The lowest BCUT2D eigenvalue weighted by Crippen LogP contribution is -2.41. The van der Waals surface area contributed by atoms with Crippen LogP contribution in [0, 0.1) is 0 Å².